The predicted molar refractivity (Wildman–Crippen MR) is 59.4 cm³/mol. The molecule has 100 valence electrons. The van der Waals surface area contributed by atoms with Crippen LogP contribution >= 0.6 is 0 Å². The Kier molecular flexibility index (Phi) is 4.21. The number of esters is 2. The van der Waals surface area contributed by atoms with Crippen LogP contribution in [0.5, 0.6) is 0 Å². The van der Waals surface area contributed by atoms with Crippen LogP contribution in [0.3, 0.4) is 0 Å². The van der Waals surface area contributed by atoms with E-state index in [0.29, 0.717) is 0 Å². The first kappa shape index (κ1) is 14.3. The molecule has 0 unspecified atom stereocenters. The lowest BCUT2D eigenvalue weighted by atomic mass is 9.54. The van der Waals surface area contributed by atoms with Crippen LogP contribution in [0, 0.1) is 23.7 Å². The van der Waals surface area contributed by atoms with Crippen LogP contribution in [-0.2, 0) is 28.7 Å². The quantitative estimate of drug-likeness (QED) is 0.657. The summed E-state index contributed by atoms with van der Waals surface area (Å²) in [5.74, 6) is -5.36. The van der Waals surface area contributed by atoms with E-state index in [9.17, 15) is 19.2 Å². The number of carbonyl (C=O) groups excluding carboxylic acids is 4. The summed E-state index contributed by atoms with van der Waals surface area (Å²) < 4.78 is 9.15. The second kappa shape index (κ2) is 5.29. The molecule has 1 aliphatic carbocycles. The lowest BCUT2D eigenvalue weighted by Crippen LogP contribution is -2.59. The maximum Gasteiger partial charge on any atom is 0.310 e. The minimum atomic E-state index is -0.922. The van der Waals surface area contributed by atoms with E-state index in [0.717, 1.165) is 0 Å². The average Bonchev–Trinajstić information content (AvgIpc) is 2.25. The van der Waals surface area contributed by atoms with E-state index in [1.165, 1.54) is 28.1 Å². The third kappa shape index (κ3) is 2.14. The molecule has 1 rings (SSSR count). The summed E-state index contributed by atoms with van der Waals surface area (Å²) in [4.78, 5) is 46.3. The molecule has 0 aromatic carbocycles. The Balaban J connectivity index is 3.10. The zero-order chi connectivity index (χ0) is 14.0. The Morgan fingerprint density at radius 2 is 0.944 bits per heavy atom. The van der Waals surface area contributed by atoms with Gasteiger partial charge in [0.25, 0.3) is 0 Å². The second-order valence-corrected chi connectivity index (χ2v) is 4.37. The van der Waals surface area contributed by atoms with E-state index in [1.54, 1.807) is 0 Å². The van der Waals surface area contributed by atoms with Gasteiger partial charge in [-0.1, -0.05) is 0 Å². The number of methoxy groups -OCH3 is 2. The minimum absolute atomic E-state index is 0.300. The molecule has 0 aromatic heterocycles. The molecule has 0 N–H and O–H groups in total. The van der Waals surface area contributed by atoms with Crippen molar-refractivity contribution in [1.82, 2.24) is 0 Å². The van der Waals surface area contributed by atoms with E-state index in [1.807, 2.05) is 0 Å². The molecule has 0 radical (unpaired) electrons. The van der Waals surface area contributed by atoms with Gasteiger partial charge in [-0.05, 0) is 13.8 Å². The standard InChI is InChI=1S/C12H16O6/c1-5(13)7-8(6(2)14)10(12(16)18-4)9(7)11(15)17-3/h7-10H,1-4H3/t7-,8-,9+,10+/m1/s1. The minimum Gasteiger partial charge on any atom is -0.469 e. The summed E-state index contributed by atoms with van der Waals surface area (Å²) in [5.41, 5.74) is 0. The maximum atomic E-state index is 11.6. The Labute approximate surface area is 105 Å². The van der Waals surface area contributed by atoms with Crippen LogP contribution < -0.4 is 0 Å². The number of rotatable bonds is 4. The first-order valence-corrected chi connectivity index (χ1v) is 5.53. The molecule has 1 aliphatic rings. The summed E-state index contributed by atoms with van der Waals surface area (Å²) >= 11 is 0. The lowest BCUT2D eigenvalue weighted by molar-refractivity contribution is -0.182. The van der Waals surface area contributed by atoms with Crippen molar-refractivity contribution in [2.45, 2.75) is 13.8 Å². The first-order chi connectivity index (χ1) is 8.36. The van der Waals surface area contributed by atoms with Gasteiger partial charge in [-0.25, -0.2) is 0 Å². The SMILES string of the molecule is COC(=O)[C@H]1[C@H](C(C)=O)[C@@H](C(C)=O)[C@@H]1C(=O)OC. The Bertz CT molecular complexity index is 361. The van der Waals surface area contributed by atoms with Gasteiger partial charge in [-0.15, -0.1) is 0 Å². The smallest absolute Gasteiger partial charge is 0.310 e. The first-order valence-electron chi connectivity index (χ1n) is 5.53. The fourth-order valence-corrected chi connectivity index (χ4v) is 2.62. The van der Waals surface area contributed by atoms with Crippen LogP contribution in [0.1, 0.15) is 13.8 Å². The molecular weight excluding hydrogens is 240 g/mol. The highest BCUT2D eigenvalue weighted by Gasteiger charge is 2.62. The number of hydrogen-bond acceptors (Lipinski definition) is 6. The highest BCUT2D eigenvalue weighted by molar-refractivity contribution is 6.00. The van der Waals surface area contributed by atoms with Crippen molar-refractivity contribution in [2.24, 2.45) is 23.7 Å². The number of hydrogen-bond donors (Lipinski definition) is 0. The van der Waals surface area contributed by atoms with Crippen LogP contribution in [0.4, 0.5) is 0 Å². The summed E-state index contributed by atoms with van der Waals surface area (Å²) in [6.07, 6.45) is 0. The number of ketones is 2. The summed E-state index contributed by atoms with van der Waals surface area (Å²) in [5, 5.41) is 0. The van der Waals surface area contributed by atoms with E-state index in [-0.39, 0.29) is 11.6 Å². The predicted octanol–water partition coefficient (Wildman–Crippen LogP) is -0.0112. The van der Waals surface area contributed by atoms with Crippen LogP contribution in [0.25, 0.3) is 0 Å². The van der Waals surface area contributed by atoms with Crippen molar-refractivity contribution in [3.63, 3.8) is 0 Å². The molecule has 0 aromatic rings. The van der Waals surface area contributed by atoms with Crippen LogP contribution in [0.2, 0.25) is 0 Å². The molecule has 0 spiro atoms. The number of ether oxygens (including phenoxy) is 2. The number of carbonyl (C=O) groups is 4. The summed E-state index contributed by atoms with van der Waals surface area (Å²) in [6, 6.07) is 0. The summed E-state index contributed by atoms with van der Waals surface area (Å²) in [7, 11) is 2.35. The van der Waals surface area contributed by atoms with Gasteiger partial charge in [-0.2, -0.15) is 0 Å². The molecule has 18 heavy (non-hydrogen) atoms. The Hall–Kier alpha value is -1.72. The molecule has 1 fully saturated rings. The van der Waals surface area contributed by atoms with Gasteiger partial charge < -0.3 is 9.47 Å². The largest absolute Gasteiger partial charge is 0.469 e. The fraction of sp³-hybridized carbons (Fsp3) is 0.667. The average molecular weight is 256 g/mol. The van der Waals surface area contributed by atoms with Gasteiger partial charge >= 0.3 is 11.9 Å². The van der Waals surface area contributed by atoms with Gasteiger partial charge in [0.1, 0.15) is 11.6 Å². The summed E-state index contributed by atoms with van der Waals surface area (Å²) in [6.45, 7) is 2.59. The maximum absolute atomic E-state index is 11.6. The van der Waals surface area contributed by atoms with E-state index in [4.69, 9.17) is 0 Å². The zero-order valence-corrected chi connectivity index (χ0v) is 10.8. The van der Waals surface area contributed by atoms with Crippen molar-refractivity contribution < 1.29 is 28.7 Å². The lowest BCUT2D eigenvalue weighted by Gasteiger charge is -2.45. The normalized spacial score (nSPS) is 30.0. The fourth-order valence-electron chi connectivity index (χ4n) is 2.62. The Morgan fingerprint density at radius 1 is 0.667 bits per heavy atom. The molecule has 0 aliphatic heterocycles. The monoisotopic (exact) mass is 256 g/mol. The zero-order valence-electron chi connectivity index (χ0n) is 10.8. The molecule has 0 heterocycles. The molecular formula is C12H16O6. The van der Waals surface area contributed by atoms with Crippen molar-refractivity contribution >= 4 is 23.5 Å². The number of Topliss-reactive ketones (excluding diaryl/α,β-unsaturated/α-hetero) is 2. The van der Waals surface area contributed by atoms with Crippen LogP contribution in [0.15, 0.2) is 0 Å². The third-order valence-electron chi connectivity index (χ3n) is 3.43. The van der Waals surface area contributed by atoms with Crippen molar-refractivity contribution in [3.05, 3.63) is 0 Å². The highest BCUT2D eigenvalue weighted by atomic mass is 16.5. The van der Waals surface area contributed by atoms with Gasteiger partial charge in [0.2, 0.25) is 0 Å². The van der Waals surface area contributed by atoms with Gasteiger partial charge in [0.05, 0.1) is 26.1 Å². The van der Waals surface area contributed by atoms with E-state index >= 15 is 0 Å². The molecule has 4 atom stereocenters. The van der Waals surface area contributed by atoms with Crippen molar-refractivity contribution in [3.8, 4) is 0 Å². The van der Waals surface area contributed by atoms with E-state index in [2.05, 4.69) is 9.47 Å². The highest BCUT2D eigenvalue weighted by Crippen LogP contribution is 2.48. The van der Waals surface area contributed by atoms with E-state index < -0.39 is 35.6 Å². The topological polar surface area (TPSA) is 86.7 Å². The van der Waals surface area contributed by atoms with Gasteiger partial charge in [-0.3, -0.25) is 19.2 Å². The molecule has 0 saturated heterocycles. The second-order valence-electron chi connectivity index (χ2n) is 4.37. The van der Waals surface area contributed by atoms with Gasteiger partial charge in [0.15, 0.2) is 0 Å². The molecule has 6 nitrogen and oxygen atoms in total. The van der Waals surface area contributed by atoms with Gasteiger partial charge in [0, 0.05) is 11.8 Å². The molecule has 1 saturated carbocycles. The van der Waals surface area contributed by atoms with Crippen molar-refractivity contribution in [1.29, 1.82) is 0 Å². The molecule has 6 heteroatoms. The van der Waals surface area contributed by atoms with Crippen LogP contribution in [-0.4, -0.2) is 37.7 Å². The Morgan fingerprint density at radius 3 is 1.11 bits per heavy atom. The molecule has 0 amide bonds. The molecule has 0 bridgehead atoms. The third-order valence-corrected chi connectivity index (χ3v) is 3.43. The van der Waals surface area contributed by atoms with Crippen molar-refractivity contribution in [2.75, 3.05) is 14.2 Å².